The minimum atomic E-state index is -1.22. The Balaban J connectivity index is 1.79. The zero-order valence-electron chi connectivity index (χ0n) is 24.7. The second-order valence-corrected chi connectivity index (χ2v) is 11.5. The predicted molar refractivity (Wildman–Crippen MR) is 162 cm³/mol. The number of ether oxygens (including phenoxy) is 1. The summed E-state index contributed by atoms with van der Waals surface area (Å²) in [4.78, 5) is 33.1. The molecule has 4 heterocycles. The first-order chi connectivity index (χ1) is 21.0. The third-order valence-electron chi connectivity index (χ3n) is 8.45. The Hall–Kier alpha value is -4.86. The number of hydrogen-bond donors (Lipinski definition) is 1. The lowest BCUT2D eigenvalue weighted by atomic mass is 9.85. The Morgan fingerprint density at radius 2 is 1.91 bits per heavy atom. The van der Waals surface area contributed by atoms with E-state index in [4.69, 9.17) is 4.74 Å². The average Bonchev–Trinajstić information content (AvgIpc) is 2.98. The van der Waals surface area contributed by atoms with Gasteiger partial charge in [-0.15, -0.1) is 0 Å². The van der Waals surface area contributed by atoms with Gasteiger partial charge in [-0.05, 0) is 73.2 Å². The molecule has 0 aliphatic carbocycles. The molecule has 2 aliphatic heterocycles. The maximum atomic E-state index is 17.0. The van der Waals surface area contributed by atoms with Crippen molar-refractivity contribution in [3.05, 3.63) is 99.4 Å². The van der Waals surface area contributed by atoms with Gasteiger partial charge in [-0.3, -0.25) is 19.1 Å². The molecule has 0 saturated carbocycles. The number of carbonyl (C=O) groups is 1. The summed E-state index contributed by atoms with van der Waals surface area (Å²) in [5.41, 5.74) is 0.527. The molecule has 0 saturated heterocycles. The lowest BCUT2D eigenvalue weighted by Gasteiger charge is -2.38. The van der Waals surface area contributed by atoms with Crippen LogP contribution in [0.3, 0.4) is 0 Å². The molecule has 1 amide bonds. The van der Waals surface area contributed by atoms with Crippen LogP contribution in [0.4, 0.5) is 13.2 Å². The van der Waals surface area contributed by atoms with E-state index in [0.717, 1.165) is 22.8 Å². The Kier molecular flexibility index (Phi) is 7.10. The van der Waals surface area contributed by atoms with E-state index >= 15 is 13.2 Å². The number of halogens is 3. The fraction of sp³-hybridized carbons (Fsp3) is 0.265. The Labute approximate surface area is 251 Å². The summed E-state index contributed by atoms with van der Waals surface area (Å²) in [7, 11) is 0. The zero-order valence-corrected chi connectivity index (χ0v) is 24.7. The highest BCUT2D eigenvalue weighted by atomic mass is 19.1. The standard InChI is InChI=1S/C34H30F3N3O4/c1-6-25(42)39-14-19-15-44-33-26(20(19)12-18(39)5)21-13-23(36)28(27-22(35)8-7-9-24(27)41)29(37)32(21)40(34(33)43)31-17(4)10-11-38-30(31)16(2)3/h6-11,13,16,18,41H,1,12,14-15H2,2-5H3. The summed E-state index contributed by atoms with van der Waals surface area (Å²) >= 11 is 0. The molecule has 10 heteroatoms. The first kappa shape index (κ1) is 29.2. The molecule has 1 N–H and O–H groups in total. The number of aromatic hydroxyl groups is 1. The van der Waals surface area contributed by atoms with Gasteiger partial charge >= 0.3 is 0 Å². The van der Waals surface area contributed by atoms with Gasteiger partial charge in [0.1, 0.15) is 24.0 Å². The highest BCUT2D eigenvalue weighted by Gasteiger charge is 2.37. The SMILES string of the molecule is C=CC(=O)N1CC2=C(CC1C)c1c(c(=O)n(-c3c(C)ccnc3C(C)C)c3c(F)c(-c4c(O)cccc4F)c(F)cc13)OC2. The van der Waals surface area contributed by atoms with Crippen LogP contribution in [0.5, 0.6) is 11.5 Å². The maximum Gasteiger partial charge on any atom is 0.298 e. The molecule has 1 unspecified atom stereocenters. The Bertz CT molecular complexity index is 1980. The number of fused-ring (bicyclic) bond motifs is 4. The number of rotatable bonds is 4. The molecule has 2 aliphatic rings. The van der Waals surface area contributed by atoms with E-state index in [1.165, 1.54) is 12.1 Å². The number of carbonyl (C=O) groups excluding carboxylic acids is 1. The van der Waals surface area contributed by atoms with E-state index < -0.39 is 39.9 Å². The monoisotopic (exact) mass is 601 g/mol. The Morgan fingerprint density at radius 3 is 2.59 bits per heavy atom. The summed E-state index contributed by atoms with van der Waals surface area (Å²) in [6.45, 7) is 11.1. The normalized spacial score (nSPS) is 16.2. The van der Waals surface area contributed by atoms with Crippen LogP contribution in [-0.2, 0) is 4.79 Å². The van der Waals surface area contributed by atoms with Crippen molar-refractivity contribution in [2.24, 2.45) is 0 Å². The molecular formula is C34H30F3N3O4. The van der Waals surface area contributed by atoms with Gasteiger partial charge in [-0.25, -0.2) is 13.2 Å². The van der Waals surface area contributed by atoms with E-state index in [-0.39, 0.29) is 53.2 Å². The van der Waals surface area contributed by atoms with Crippen molar-refractivity contribution in [3.63, 3.8) is 0 Å². The van der Waals surface area contributed by atoms with Crippen LogP contribution in [0.2, 0.25) is 0 Å². The van der Waals surface area contributed by atoms with Crippen LogP contribution in [0, 0.1) is 24.4 Å². The van der Waals surface area contributed by atoms with Crippen molar-refractivity contribution >= 4 is 22.4 Å². The topological polar surface area (TPSA) is 84.7 Å². The average molecular weight is 602 g/mol. The zero-order chi connectivity index (χ0) is 31.6. The van der Waals surface area contributed by atoms with Crippen LogP contribution in [0.1, 0.15) is 49.9 Å². The van der Waals surface area contributed by atoms with Crippen molar-refractivity contribution < 1.29 is 27.8 Å². The van der Waals surface area contributed by atoms with Crippen molar-refractivity contribution in [1.29, 1.82) is 0 Å². The number of aryl methyl sites for hydroxylation is 1. The third kappa shape index (κ3) is 4.31. The molecule has 2 aromatic heterocycles. The summed E-state index contributed by atoms with van der Waals surface area (Å²) in [6.07, 6.45) is 3.11. The second kappa shape index (κ2) is 10.7. The second-order valence-electron chi connectivity index (χ2n) is 11.5. The molecule has 4 aromatic rings. The highest BCUT2D eigenvalue weighted by molar-refractivity contribution is 6.00. The molecule has 6 rings (SSSR count). The van der Waals surface area contributed by atoms with E-state index in [1.807, 2.05) is 20.8 Å². The predicted octanol–water partition coefficient (Wildman–Crippen LogP) is 6.56. The van der Waals surface area contributed by atoms with Gasteiger partial charge in [0.25, 0.3) is 5.56 Å². The molecule has 0 spiro atoms. The third-order valence-corrected chi connectivity index (χ3v) is 8.45. The molecule has 7 nitrogen and oxygen atoms in total. The fourth-order valence-corrected chi connectivity index (χ4v) is 6.36. The number of phenols is 1. The van der Waals surface area contributed by atoms with E-state index in [2.05, 4.69) is 11.6 Å². The van der Waals surface area contributed by atoms with Gasteiger partial charge < -0.3 is 14.7 Å². The van der Waals surface area contributed by atoms with E-state index in [0.29, 0.717) is 34.5 Å². The van der Waals surface area contributed by atoms with E-state index in [9.17, 15) is 14.7 Å². The van der Waals surface area contributed by atoms with Crippen molar-refractivity contribution in [3.8, 4) is 28.3 Å². The van der Waals surface area contributed by atoms with Crippen LogP contribution in [0.25, 0.3) is 33.3 Å². The number of hydrogen-bond acceptors (Lipinski definition) is 5. The van der Waals surface area contributed by atoms with Gasteiger partial charge in [0.2, 0.25) is 5.91 Å². The number of phenolic OH excluding ortho intramolecular Hbond substituents is 1. The molecule has 226 valence electrons. The molecule has 0 radical (unpaired) electrons. The molecule has 0 fully saturated rings. The first-order valence-corrected chi connectivity index (χ1v) is 14.3. The van der Waals surface area contributed by atoms with Gasteiger partial charge in [-0.2, -0.15) is 0 Å². The largest absolute Gasteiger partial charge is 0.507 e. The summed E-state index contributed by atoms with van der Waals surface area (Å²) < 4.78 is 55.4. The molecule has 0 bridgehead atoms. The van der Waals surface area contributed by atoms with Gasteiger partial charge in [0.05, 0.1) is 28.0 Å². The minimum absolute atomic E-state index is 0.00588. The molecule has 2 aromatic carbocycles. The van der Waals surface area contributed by atoms with Crippen molar-refractivity contribution in [2.75, 3.05) is 13.2 Å². The molecule has 1 atom stereocenters. The summed E-state index contributed by atoms with van der Waals surface area (Å²) in [5, 5.41) is 10.6. The van der Waals surface area contributed by atoms with Crippen LogP contribution in [0.15, 0.2) is 59.6 Å². The highest BCUT2D eigenvalue weighted by Crippen LogP contribution is 2.46. The van der Waals surface area contributed by atoms with Crippen LogP contribution < -0.4 is 10.3 Å². The fourth-order valence-electron chi connectivity index (χ4n) is 6.36. The number of nitrogens with zero attached hydrogens (tertiary/aromatic N) is 3. The molecular weight excluding hydrogens is 571 g/mol. The van der Waals surface area contributed by atoms with Crippen LogP contribution >= 0.6 is 0 Å². The number of benzene rings is 2. The first-order valence-electron chi connectivity index (χ1n) is 14.3. The van der Waals surface area contributed by atoms with Crippen molar-refractivity contribution in [2.45, 2.75) is 46.1 Å². The molecule has 44 heavy (non-hydrogen) atoms. The maximum absolute atomic E-state index is 17.0. The quantitative estimate of drug-likeness (QED) is 0.268. The van der Waals surface area contributed by atoms with Gasteiger partial charge in [-0.1, -0.05) is 26.5 Å². The summed E-state index contributed by atoms with van der Waals surface area (Å²) in [5.74, 6) is -4.58. The number of pyridine rings is 2. The smallest absolute Gasteiger partial charge is 0.298 e. The summed E-state index contributed by atoms with van der Waals surface area (Å²) in [6, 6.07) is 5.78. The van der Waals surface area contributed by atoms with Crippen LogP contribution in [-0.4, -0.2) is 44.7 Å². The number of amides is 1. The Morgan fingerprint density at radius 1 is 1.16 bits per heavy atom. The van der Waals surface area contributed by atoms with Gasteiger partial charge in [0.15, 0.2) is 11.6 Å². The lowest BCUT2D eigenvalue weighted by molar-refractivity contribution is -0.127. The minimum Gasteiger partial charge on any atom is -0.507 e. The lowest BCUT2D eigenvalue weighted by Crippen LogP contribution is -2.44. The van der Waals surface area contributed by atoms with Gasteiger partial charge in [0, 0.05) is 29.7 Å². The number of aromatic nitrogens is 2. The van der Waals surface area contributed by atoms with E-state index in [1.54, 1.807) is 24.1 Å². The van der Waals surface area contributed by atoms with Crippen molar-refractivity contribution in [1.82, 2.24) is 14.5 Å².